The standard InChI is InChI=1S/C11H20N2O3.C2HF3O2/c1-3-8(11(15)16)12-10(14)9-6-4-5-7-13(9)2;3-2(4,5)1(6)7/h8-9H,3-7H2,1-2H3,(H,12,14)(H,15,16);(H,6,7). The van der Waals surface area contributed by atoms with Gasteiger partial charge in [0, 0.05) is 0 Å². The molecule has 7 nitrogen and oxygen atoms in total. The number of rotatable bonds is 4. The summed E-state index contributed by atoms with van der Waals surface area (Å²) >= 11 is 0. The van der Waals surface area contributed by atoms with Crippen LogP contribution in [0.15, 0.2) is 0 Å². The molecule has 10 heteroatoms. The Bertz CT molecular complexity index is 428. The van der Waals surface area contributed by atoms with Crippen molar-refractivity contribution in [2.75, 3.05) is 13.6 Å². The molecule has 0 aliphatic carbocycles. The summed E-state index contributed by atoms with van der Waals surface area (Å²) in [6, 6.07) is -0.926. The van der Waals surface area contributed by atoms with Gasteiger partial charge in [0.1, 0.15) is 6.04 Å². The molecule has 1 saturated heterocycles. The highest BCUT2D eigenvalue weighted by atomic mass is 19.4. The smallest absolute Gasteiger partial charge is 0.480 e. The van der Waals surface area contributed by atoms with Crippen molar-refractivity contribution in [2.45, 2.75) is 50.9 Å². The summed E-state index contributed by atoms with van der Waals surface area (Å²) in [5.74, 6) is -3.88. The number of piperidine rings is 1. The van der Waals surface area contributed by atoms with Gasteiger partial charge in [-0.15, -0.1) is 0 Å². The third-order valence-electron chi connectivity index (χ3n) is 3.34. The molecular formula is C13H21F3N2O5. The Morgan fingerprint density at radius 1 is 1.26 bits per heavy atom. The monoisotopic (exact) mass is 342 g/mol. The minimum Gasteiger partial charge on any atom is -0.480 e. The lowest BCUT2D eigenvalue weighted by Crippen LogP contribution is -2.51. The third-order valence-corrected chi connectivity index (χ3v) is 3.34. The molecule has 0 aromatic heterocycles. The number of amides is 1. The van der Waals surface area contributed by atoms with Gasteiger partial charge in [0.05, 0.1) is 6.04 Å². The average molecular weight is 342 g/mol. The number of carboxylic acid groups (broad SMARTS) is 2. The van der Waals surface area contributed by atoms with E-state index in [9.17, 15) is 22.8 Å². The molecular weight excluding hydrogens is 321 g/mol. The van der Waals surface area contributed by atoms with Crippen molar-refractivity contribution in [3.63, 3.8) is 0 Å². The van der Waals surface area contributed by atoms with Gasteiger partial charge in [-0.05, 0) is 32.9 Å². The zero-order valence-electron chi connectivity index (χ0n) is 12.9. The Balaban J connectivity index is 0.000000585. The largest absolute Gasteiger partial charge is 0.490 e. The van der Waals surface area contributed by atoms with E-state index in [1.165, 1.54) is 0 Å². The molecule has 0 aromatic rings. The summed E-state index contributed by atoms with van der Waals surface area (Å²) < 4.78 is 31.7. The summed E-state index contributed by atoms with van der Waals surface area (Å²) in [6.45, 7) is 2.66. The molecule has 0 saturated carbocycles. The molecule has 0 spiro atoms. The van der Waals surface area contributed by atoms with Crippen LogP contribution in [-0.2, 0) is 14.4 Å². The van der Waals surface area contributed by atoms with Gasteiger partial charge >= 0.3 is 18.1 Å². The third kappa shape index (κ3) is 7.82. The fourth-order valence-corrected chi connectivity index (χ4v) is 2.01. The van der Waals surface area contributed by atoms with Gasteiger partial charge in [0.25, 0.3) is 0 Å². The number of carbonyl (C=O) groups is 3. The molecule has 0 aromatic carbocycles. The number of nitrogens with one attached hydrogen (secondary N) is 1. The van der Waals surface area contributed by atoms with Crippen molar-refractivity contribution < 1.29 is 37.8 Å². The minimum absolute atomic E-state index is 0.156. The summed E-state index contributed by atoms with van der Waals surface area (Å²) in [5, 5.41) is 18.6. The first-order chi connectivity index (χ1) is 10.5. The number of alkyl halides is 3. The van der Waals surface area contributed by atoms with Crippen LogP contribution in [0.2, 0.25) is 0 Å². The average Bonchev–Trinajstić information content (AvgIpc) is 2.44. The number of nitrogens with zero attached hydrogens (tertiary/aromatic N) is 1. The first-order valence-corrected chi connectivity index (χ1v) is 7.04. The molecule has 2 unspecified atom stereocenters. The second kappa shape index (κ2) is 9.33. The van der Waals surface area contributed by atoms with Gasteiger partial charge in [-0.1, -0.05) is 13.3 Å². The number of halogens is 3. The topological polar surface area (TPSA) is 107 Å². The molecule has 1 rings (SSSR count). The van der Waals surface area contributed by atoms with E-state index in [2.05, 4.69) is 5.32 Å². The second-order valence-electron chi connectivity index (χ2n) is 5.10. The van der Waals surface area contributed by atoms with E-state index in [-0.39, 0.29) is 11.9 Å². The molecule has 1 heterocycles. The van der Waals surface area contributed by atoms with Crippen molar-refractivity contribution in [2.24, 2.45) is 0 Å². The van der Waals surface area contributed by atoms with E-state index in [1.54, 1.807) is 6.92 Å². The number of likely N-dealkylation sites (N-methyl/N-ethyl adjacent to an activating group) is 1. The molecule has 23 heavy (non-hydrogen) atoms. The van der Waals surface area contributed by atoms with Crippen molar-refractivity contribution in [3.8, 4) is 0 Å². The van der Waals surface area contributed by atoms with Gasteiger partial charge in [0.2, 0.25) is 5.91 Å². The number of hydrogen-bond acceptors (Lipinski definition) is 4. The number of likely N-dealkylation sites (tertiary alicyclic amines) is 1. The SMILES string of the molecule is CCC(NC(=O)C1CCCCN1C)C(=O)O.O=C(O)C(F)(F)F. The van der Waals surface area contributed by atoms with Crippen molar-refractivity contribution in [3.05, 3.63) is 0 Å². The van der Waals surface area contributed by atoms with E-state index < -0.39 is 24.2 Å². The first kappa shape index (κ1) is 21.2. The molecule has 1 aliphatic heterocycles. The van der Waals surface area contributed by atoms with Crippen LogP contribution >= 0.6 is 0 Å². The Kier molecular flexibility index (Phi) is 8.59. The predicted molar refractivity (Wildman–Crippen MR) is 73.8 cm³/mol. The van der Waals surface area contributed by atoms with E-state index in [1.807, 2.05) is 11.9 Å². The van der Waals surface area contributed by atoms with Crippen LogP contribution in [0.25, 0.3) is 0 Å². The zero-order chi connectivity index (χ0) is 18.2. The fraction of sp³-hybridized carbons (Fsp3) is 0.769. The molecule has 1 aliphatic rings. The van der Waals surface area contributed by atoms with Gasteiger partial charge < -0.3 is 15.5 Å². The number of hydrogen-bond donors (Lipinski definition) is 3. The molecule has 2 atom stereocenters. The summed E-state index contributed by atoms with van der Waals surface area (Å²) in [4.78, 5) is 33.6. The summed E-state index contributed by atoms with van der Waals surface area (Å²) in [5.41, 5.74) is 0. The lowest BCUT2D eigenvalue weighted by atomic mass is 10.0. The highest BCUT2D eigenvalue weighted by molar-refractivity contribution is 5.86. The van der Waals surface area contributed by atoms with Gasteiger partial charge in [0.15, 0.2) is 0 Å². The Labute approximate surface area is 131 Å². The normalized spacial score (nSPS) is 20.0. The van der Waals surface area contributed by atoms with Crippen molar-refractivity contribution in [1.29, 1.82) is 0 Å². The molecule has 134 valence electrons. The zero-order valence-corrected chi connectivity index (χ0v) is 12.9. The molecule has 1 fully saturated rings. The maximum Gasteiger partial charge on any atom is 0.490 e. The predicted octanol–water partition coefficient (Wildman–Crippen LogP) is 1.08. The number of carboxylic acids is 2. The maximum absolute atomic E-state index is 11.9. The summed E-state index contributed by atoms with van der Waals surface area (Å²) in [7, 11) is 1.91. The minimum atomic E-state index is -5.08. The number of carbonyl (C=O) groups excluding carboxylic acids is 1. The van der Waals surface area contributed by atoms with Gasteiger partial charge in [-0.25, -0.2) is 9.59 Å². The number of aliphatic carboxylic acids is 2. The highest BCUT2D eigenvalue weighted by Gasteiger charge is 2.38. The highest BCUT2D eigenvalue weighted by Crippen LogP contribution is 2.15. The maximum atomic E-state index is 11.9. The Morgan fingerprint density at radius 2 is 1.78 bits per heavy atom. The lowest BCUT2D eigenvalue weighted by molar-refractivity contribution is -0.192. The van der Waals surface area contributed by atoms with Crippen molar-refractivity contribution in [1.82, 2.24) is 10.2 Å². The molecule has 0 radical (unpaired) electrons. The van der Waals surface area contributed by atoms with Crippen LogP contribution < -0.4 is 5.32 Å². The quantitative estimate of drug-likeness (QED) is 0.706. The van der Waals surface area contributed by atoms with Gasteiger partial charge in [-0.3, -0.25) is 9.69 Å². The Morgan fingerprint density at radius 3 is 2.13 bits per heavy atom. The summed E-state index contributed by atoms with van der Waals surface area (Å²) in [6.07, 6.45) is -1.71. The fourth-order valence-electron chi connectivity index (χ4n) is 2.01. The van der Waals surface area contributed by atoms with E-state index in [0.29, 0.717) is 6.42 Å². The molecule has 3 N–H and O–H groups in total. The Hall–Kier alpha value is -1.84. The van der Waals surface area contributed by atoms with Crippen molar-refractivity contribution >= 4 is 17.8 Å². The molecule has 1 amide bonds. The lowest BCUT2D eigenvalue weighted by Gasteiger charge is -2.31. The van der Waals surface area contributed by atoms with Crippen LogP contribution in [-0.4, -0.2) is 64.8 Å². The van der Waals surface area contributed by atoms with E-state index in [4.69, 9.17) is 15.0 Å². The van der Waals surface area contributed by atoms with Crippen LogP contribution in [0.1, 0.15) is 32.6 Å². The van der Waals surface area contributed by atoms with Crippen LogP contribution in [0.3, 0.4) is 0 Å². The van der Waals surface area contributed by atoms with Gasteiger partial charge in [-0.2, -0.15) is 13.2 Å². The van der Waals surface area contributed by atoms with E-state index >= 15 is 0 Å². The molecule has 0 bridgehead atoms. The van der Waals surface area contributed by atoms with Crippen LogP contribution in [0, 0.1) is 0 Å². The van der Waals surface area contributed by atoms with Crippen LogP contribution in [0.5, 0.6) is 0 Å². The second-order valence-corrected chi connectivity index (χ2v) is 5.10. The first-order valence-electron chi connectivity index (χ1n) is 7.04. The van der Waals surface area contributed by atoms with Crippen LogP contribution in [0.4, 0.5) is 13.2 Å². The van der Waals surface area contributed by atoms with E-state index in [0.717, 1.165) is 25.8 Å².